The van der Waals surface area contributed by atoms with Gasteiger partial charge in [-0.25, -0.2) is 13.1 Å². The zero-order valence-electron chi connectivity index (χ0n) is 37.0. The predicted octanol–water partition coefficient (Wildman–Crippen LogP) is 8.00. The lowest BCUT2D eigenvalue weighted by Crippen LogP contribution is -2.54. The summed E-state index contributed by atoms with van der Waals surface area (Å²) in [7, 11) is -4.65. The van der Waals surface area contributed by atoms with Crippen molar-refractivity contribution in [1.29, 1.82) is 0 Å². The summed E-state index contributed by atoms with van der Waals surface area (Å²) in [6.45, 7) is 10.1. The summed E-state index contributed by atoms with van der Waals surface area (Å²) in [6, 6.07) is 21.1. The molecule has 2 aromatic heterocycles. The second kappa shape index (κ2) is 17.1. The number of ether oxygens (including phenoxy) is 3. The highest BCUT2D eigenvalue weighted by Crippen LogP contribution is 2.54. The number of likely N-dealkylation sites (tertiary alicyclic amines) is 1. The van der Waals surface area contributed by atoms with E-state index < -0.39 is 31.4 Å². The molecule has 1 saturated carbocycles. The van der Waals surface area contributed by atoms with Crippen LogP contribution in [0.25, 0.3) is 11.0 Å². The Bertz CT molecular complexity index is 2740. The van der Waals surface area contributed by atoms with Crippen LogP contribution in [0, 0.1) is 22.5 Å². The summed E-state index contributed by atoms with van der Waals surface area (Å²) in [5.74, 6) is -0.494. The van der Waals surface area contributed by atoms with Gasteiger partial charge in [-0.2, -0.15) is 4.98 Å². The molecule has 0 bridgehead atoms. The Kier molecular flexibility index (Phi) is 11.3. The molecule has 3 fully saturated rings. The molecule has 1 amide bonds. The van der Waals surface area contributed by atoms with Gasteiger partial charge in [-0.15, -0.1) is 0 Å². The first-order valence-corrected chi connectivity index (χ1v) is 24.3. The van der Waals surface area contributed by atoms with Crippen molar-refractivity contribution in [3.05, 3.63) is 99.7 Å². The fourth-order valence-electron chi connectivity index (χ4n) is 10.7. The first-order valence-electron chi connectivity index (χ1n) is 22.8. The molecule has 16 nitrogen and oxygen atoms in total. The number of benzene rings is 3. The maximum Gasteiger partial charge on any atom is 0.297 e. The van der Waals surface area contributed by atoms with Crippen molar-refractivity contribution in [3.63, 3.8) is 0 Å². The average molecular weight is 905 g/mol. The number of H-pyrrole nitrogens is 1. The fourth-order valence-corrected chi connectivity index (χ4v) is 11.7. The molecule has 2 saturated heterocycles. The molecule has 3 aromatic carbocycles. The number of nitro benzene ring substituents is 1. The Morgan fingerprint density at radius 1 is 1.02 bits per heavy atom. The Morgan fingerprint density at radius 3 is 2.62 bits per heavy atom. The molecule has 4 aliphatic heterocycles. The molecule has 342 valence electrons. The molecule has 17 heteroatoms. The number of fused-ring (bicyclic) bond motifs is 3. The van der Waals surface area contributed by atoms with E-state index in [9.17, 15) is 23.3 Å². The van der Waals surface area contributed by atoms with E-state index in [2.05, 4.69) is 56.0 Å². The number of amides is 1. The first-order chi connectivity index (χ1) is 31.3. The topological polar surface area (TPSA) is 184 Å². The number of rotatable bonds is 11. The molecule has 6 heterocycles. The average Bonchev–Trinajstić information content (AvgIpc) is 3.91. The van der Waals surface area contributed by atoms with Crippen LogP contribution in [-0.4, -0.2) is 98.3 Å². The van der Waals surface area contributed by atoms with Gasteiger partial charge >= 0.3 is 0 Å². The molecule has 2 atom stereocenters. The summed E-state index contributed by atoms with van der Waals surface area (Å²) in [6.07, 6.45) is 9.34. The summed E-state index contributed by atoms with van der Waals surface area (Å²) in [5, 5.41) is 16.2. The first kappa shape index (κ1) is 43.0. The maximum absolute atomic E-state index is 14.5. The molecule has 10 rings (SSSR count). The van der Waals surface area contributed by atoms with Gasteiger partial charge in [-0.3, -0.25) is 19.8 Å². The van der Waals surface area contributed by atoms with E-state index in [0.29, 0.717) is 60.0 Å². The van der Waals surface area contributed by atoms with Crippen LogP contribution in [0.2, 0.25) is 0 Å². The number of pyridine rings is 1. The van der Waals surface area contributed by atoms with E-state index in [1.807, 2.05) is 43.0 Å². The molecular weight excluding hydrogens is 849 g/mol. The van der Waals surface area contributed by atoms with Gasteiger partial charge in [-0.05, 0) is 119 Å². The van der Waals surface area contributed by atoms with Gasteiger partial charge < -0.3 is 34.3 Å². The van der Waals surface area contributed by atoms with E-state index in [4.69, 9.17) is 19.2 Å². The number of aromatic nitrogens is 2. The highest BCUT2D eigenvalue weighted by atomic mass is 32.2. The van der Waals surface area contributed by atoms with E-state index in [-0.39, 0.29) is 42.4 Å². The Morgan fingerprint density at radius 2 is 1.83 bits per heavy atom. The molecule has 5 aromatic rings. The van der Waals surface area contributed by atoms with Crippen molar-refractivity contribution in [2.24, 2.45) is 5.41 Å². The monoisotopic (exact) mass is 904 g/mol. The third kappa shape index (κ3) is 8.33. The van der Waals surface area contributed by atoms with Crippen LogP contribution in [-0.2, 0) is 14.8 Å². The standard InChI is InChI=1S/C48H56N8O8S/c1-30(2)63-28-33-29-64-43-25-36(24-41(56(58)59)44(43)50-33)65(60,61)52-46(57)38-12-11-34(23-40(38)55-18-7-21-62-47-42(55)22-32-13-16-49-45(32)51-47)53-19-14-48(15-20-53)26-35(27-48)54-17-6-10-39(54)37-9-5-4-8-31(37)3/h4-5,8-9,11-13,16,22-25,30,33,35,39,50H,6-7,10,14-15,17-21,26-29H2,1-3H3,(H,49,51)(H,52,57)/t33-,39-/m0/s1. The zero-order chi connectivity index (χ0) is 45.0. The number of aryl methyl sites for hydroxylation is 1. The number of anilines is 4. The van der Waals surface area contributed by atoms with E-state index in [0.717, 1.165) is 49.6 Å². The molecule has 3 N–H and O–H groups in total. The van der Waals surface area contributed by atoms with Crippen LogP contribution in [0.3, 0.4) is 0 Å². The van der Waals surface area contributed by atoms with E-state index in [1.165, 1.54) is 42.9 Å². The maximum atomic E-state index is 14.5. The number of nitrogens with one attached hydrogen (secondary N) is 3. The Labute approximate surface area is 378 Å². The summed E-state index contributed by atoms with van der Waals surface area (Å²) >= 11 is 0. The number of piperidine rings is 1. The minimum atomic E-state index is -4.65. The number of hydrogen-bond donors (Lipinski definition) is 3. The summed E-state index contributed by atoms with van der Waals surface area (Å²) in [5.41, 5.74) is 5.56. The lowest BCUT2D eigenvalue weighted by molar-refractivity contribution is -0.384. The van der Waals surface area contributed by atoms with Crippen molar-refractivity contribution in [1.82, 2.24) is 19.6 Å². The minimum absolute atomic E-state index is 0.00847. The van der Waals surface area contributed by atoms with Crippen molar-refractivity contribution >= 4 is 55.4 Å². The SMILES string of the molecule is Cc1ccccc1[C@@H]1CCCN1C1CC2(CCN(c3ccc(C(=O)NS(=O)(=O)c4cc5c(c([N+](=O)[O-])c4)N[C@@H](COC(C)C)CO5)c(N4CCCOc5nc6[nH]ccc6cc54)c3)CC2)C1. The molecule has 5 aliphatic rings. The third-order valence-electron chi connectivity index (χ3n) is 14.1. The lowest BCUT2D eigenvalue weighted by atomic mass is 9.59. The quantitative estimate of drug-likeness (QED) is 0.0857. The number of carbonyl (C=O) groups is 1. The van der Waals surface area contributed by atoms with Crippen LogP contribution < -0.4 is 29.3 Å². The highest BCUT2D eigenvalue weighted by molar-refractivity contribution is 7.90. The molecule has 65 heavy (non-hydrogen) atoms. The van der Waals surface area contributed by atoms with Gasteiger partial charge in [0.15, 0.2) is 11.4 Å². The van der Waals surface area contributed by atoms with E-state index in [1.54, 1.807) is 12.3 Å². The molecule has 0 radical (unpaired) electrons. The van der Waals surface area contributed by atoms with Gasteiger partial charge in [0.25, 0.3) is 21.6 Å². The number of aromatic amines is 1. The fraction of sp³-hybridized carbons (Fsp3) is 0.458. The number of nitrogens with zero attached hydrogens (tertiary/aromatic N) is 5. The van der Waals surface area contributed by atoms with Crippen LogP contribution in [0.5, 0.6) is 11.6 Å². The van der Waals surface area contributed by atoms with Crippen LogP contribution in [0.1, 0.15) is 86.3 Å². The van der Waals surface area contributed by atoms with Gasteiger partial charge in [-0.1, -0.05) is 24.3 Å². The largest absolute Gasteiger partial charge is 0.489 e. The molecule has 0 unspecified atom stereocenters. The normalized spacial score (nSPS) is 20.9. The zero-order valence-corrected chi connectivity index (χ0v) is 37.9. The van der Waals surface area contributed by atoms with Crippen molar-refractivity contribution in [3.8, 4) is 11.6 Å². The summed E-state index contributed by atoms with van der Waals surface area (Å²) < 4.78 is 48.1. The number of hydrogen-bond acceptors (Lipinski definition) is 13. The van der Waals surface area contributed by atoms with Gasteiger partial charge in [0.2, 0.25) is 5.88 Å². The van der Waals surface area contributed by atoms with Gasteiger partial charge in [0.1, 0.15) is 17.9 Å². The minimum Gasteiger partial charge on any atom is -0.489 e. The van der Waals surface area contributed by atoms with Crippen LogP contribution in [0.15, 0.2) is 77.8 Å². The van der Waals surface area contributed by atoms with Crippen molar-refractivity contribution < 1.29 is 32.3 Å². The van der Waals surface area contributed by atoms with Crippen LogP contribution in [0.4, 0.5) is 28.4 Å². The Hall–Kier alpha value is -5.91. The summed E-state index contributed by atoms with van der Waals surface area (Å²) in [4.78, 5) is 40.6. The Balaban J connectivity index is 0.917. The number of nitro groups is 1. The van der Waals surface area contributed by atoms with Gasteiger partial charge in [0, 0.05) is 61.1 Å². The number of sulfonamides is 1. The second-order valence-corrected chi connectivity index (χ2v) is 20.3. The molecule has 1 aliphatic carbocycles. The van der Waals surface area contributed by atoms with E-state index >= 15 is 0 Å². The highest BCUT2D eigenvalue weighted by Gasteiger charge is 2.50. The molecule has 1 spiro atoms. The van der Waals surface area contributed by atoms with Crippen molar-refractivity contribution in [2.45, 2.75) is 94.8 Å². The van der Waals surface area contributed by atoms with Crippen LogP contribution >= 0.6 is 0 Å². The lowest BCUT2D eigenvalue weighted by Gasteiger charge is -2.56. The predicted molar refractivity (Wildman–Crippen MR) is 248 cm³/mol. The molecular formula is C48H56N8O8S. The van der Waals surface area contributed by atoms with Gasteiger partial charge in [0.05, 0.1) is 46.4 Å². The van der Waals surface area contributed by atoms with Crippen molar-refractivity contribution in [2.75, 3.05) is 61.1 Å². The second-order valence-electron chi connectivity index (χ2n) is 18.6. The smallest absolute Gasteiger partial charge is 0.297 e. The number of carbonyl (C=O) groups excluding carboxylic acids is 1. The third-order valence-corrected chi connectivity index (χ3v) is 15.4.